The van der Waals surface area contributed by atoms with E-state index in [-0.39, 0.29) is 5.91 Å². The van der Waals surface area contributed by atoms with Gasteiger partial charge in [-0.05, 0) is 37.3 Å². The van der Waals surface area contributed by atoms with Crippen molar-refractivity contribution in [3.05, 3.63) is 58.5 Å². The molecule has 0 aromatic heterocycles. The smallest absolute Gasteiger partial charge is 0.270 e. The Bertz CT molecular complexity index is 859. The molecule has 6 heteroatoms. The first kappa shape index (κ1) is 17.5. The van der Waals surface area contributed by atoms with Crippen molar-refractivity contribution in [2.45, 2.75) is 6.92 Å². The van der Waals surface area contributed by atoms with Gasteiger partial charge in [0.2, 0.25) is 0 Å². The van der Waals surface area contributed by atoms with E-state index in [1.165, 1.54) is 11.8 Å². The molecular weight excluding hydrogens is 354 g/mol. The number of ether oxygens (including phenoxy) is 2. The zero-order chi connectivity index (χ0) is 18.0. The third-order valence-electron chi connectivity index (χ3n) is 3.81. The second kappa shape index (κ2) is 7.29. The van der Waals surface area contributed by atoms with Crippen LogP contribution in [0.1, 0.15) is 11.1 Å². The molecule has 0 radical (unpaired) electrons. The van der Waals surface area contributed by atoms with E-state index >= 15 is 0 Å². The molecule has 25 heavy (non-hydrogen) atoms. The number of amides is 1. The summed E-state index contributed by atoms with van der Waals surface area (Å²) in [6.45, 7) is 2.00. The average molecular weight is 371 g/mol. The number of methoxy groups -OCH3 is 2. The van der Waals surface area contributed by atoms with Crippen molar-refractivity contribution in [3.8, 4) is 11.5 Å². The van der Waals surface area contributed by atoms with Crippen LogP contribution in [0.25, 0.3) is 6.08 Å². The molecular formula is C19H17NO3S2. The Hall–Kier alpha value is -2.31. The van der Waals surface area contributed by atoms with E-state index in [9.17, 15) is 4.79 Å². The molecule has 0 atom stereocenters. The normalized spacial score (nSPS) is 15.8. The summed E-state index contributed by atoms with van der Waals surface area (Å²) in [6.07, 6.45) is 1.80. The highest BCUT2D eigenvalue weighted by atomic mass is 32.2. The first-order chi connectivity index (χ1) is 12.0. The maximum absolute atomic E-state index is 12.8. The summed E-state index contributed by atoms with van der Waals surface area (Å²) in [5, 5.41) is 0. The van der Waals surface area contributed by atoms with Crippen molar-refractivity contribution in [2.75, 3.05) is 19.1 Å². The Kier molecular flexibility index (Phi) is 5.11. The molecule has 1 amide bonds. The van der Waals surface area contributed by atoms with Gasteiger partial charge in [-0.15, -0.1) is 0 Å². The van der Waals surface area contributed by atoms with Crippen molar-refractivity contribution < 1.29 is 14.3 Å². The van der Waals surface area contributed by atoms with Crippen molar-refractivity contribution in [1.82, 2.24) is 0 Å². The second-order valence-electron chi connectivity index (χ2n) is 5.46. The number of hydrogen-bond donors (Lipinski definition) is 0. The van der Waals surface area contributed by atoms with E-state index in [1.54, 1.807) is 31.3 Å². The molecule has 2 aromatic carbocycles. The first-order valence-electron chi connectivity index (χ1n) is 7.60. The maximum Gasteiger partial charge on any atom is 0.270 e. The summed E-state index contributed by atoms with van der Waals surface area (Å²) in [6, 6.07) is 13.2. The van der Waals surface area contributed by atoms with Gasteiger partial charge in [0.25, 0.3) is 5.91 Å². The number of thiocarbonyl (C=S) groups is 1. The van der Waals surface area contributed by atoms with Gasteiger partial charge in [0.1, 0.15) is 11.5 Å². The number of carbonyl (C=O) groups excluding carboxylic acids is 1. The van der Waals surface area contributed by atoms with Crippen LogP contribution in [-0.2, 0) is 4.79 Å². The molecule has 0 unspecified atom stereocenters. The Morgan fingerprint density at radius 3 is 2.44 bits per heavy atom. The van der Waals surface area contributed by atoms with Gasteiger partial charge < -0.3 is 9.47 Å². The van der Waals surface area contributed by atoms with Gasteiger partial charge in [0, 0.05) is 11.6 Å². The lowest BCUT2D eigenvalue weighted by atomic mass is 10.1. The topological polar surface area (TPSA) is 38.8 Å². The van der Waals surface area contributed by atoms with E-state index in [2.05, 4.69) is 0 Å². The van der Waals surface area contributed by atoms with E-state index in [0.717, 1.165) is 16.8 Å². The number of benzene rings is 2. The second-order valence-corrected chi connectivity index (χ2v) is 7.14. The van der Waals surface area contributed by atoms with Gasteiger partial charge >= 0.3 is 0 Å². The third kappa shape index (κ3) is 3.55. The number of nitrogens with zero attached hydrogens (tertiary/aromatic N) is 1. The average Bonchev–Trinajstić information content (AvgIpc) is 2.90. The van der Waals surface area contributed by atoms with Gasteiger partial charge in [0.05, 0.1) is 24.8 Å². The Morgan fingerprint density at radius 2 is 1.80 bits per heavy atom. The van der Waals surface area contributed by atoms with Crippen LogP contribution in [0, 0.1) is 6.92 Å². The van der Waals surface area contributed by atoms with Gasteiger partial charge in [-0.25, -0.2) is 0 Å². The van der Waals surface area contributed by atoms with Crippen molar-refractivity contribution in [1.29, 1.82) is 0 Å². The minimum atomic E-state index is -0.128. The van der Waals surface area contributed by atoms with Crippen LogP contribution >= 0.6 is 24.0 Å². The van der Waals surface area contributed by atoms with Gasteiger partial charge in [0.15, 0.2) is 4.32 Å². The molecule has 1 aliphatic rings. The molecule has 0 bridgehead atoms. The largest absolute Gasteiger partial charge is 0.497 e. The number of hydrogen-bond acceptors (Lipinski definition) is 5. The van der Waals surface area contributed by atoms with Crippen LogP contribution in [0.5, 0.6) is 11.5 Å². The fraction of sp³-hybridized carbons (Fsp3) is 0.158. The number of rotatable bonds is 4. The van der Waals surface area contributed by atoms with Gasteiger partial charge in [-0.2, -0.15) is 0 Å². The number of carbonyl (C=O) groups is 1. The summed E-state index contributed by atoms with van der Waals surface area (Å²) in [5.41, 5.74) is 2.71. The molecule has 0 saturated carbocycles. The van der Waals surface area contributed by atoms with Crippen molar-refractivity contribution in [2.24, 2.45) is 0 Å². The standard InChI is InChI=1S/C19H17NO3S2/c1-12-4-7-14(8-5-12)20-18(21)17(25-19(20)24)10-13-6-9-15(22-2)11-16(13)23-3/h4-11H,1-3H3. The predicted octanol–water partition coefficient (Wildman–Crippen LogP) is 4.42. The molecule has 2 aromatic rings. The molecule has 1 saturated heterocycles. The van der Waals surface area contributed by atoms with E-state index in [1.807, 2.05) is 43.3 Å². The zero-order valence-electron chi connectivity index (χ0n) is 14.1. The quantitative estimate of drug-likeness (QED) is 0.588. The van der Waals surface area contributed by atoms with E-state index in [4.69, 9.17) is 21.7 Å². The fourth-order valence-corrected chi connectivity index (χ4v) is 3.75. The molecule has 1 fully saturated rings. The Balaban J connectivity index is 1.94. The highest BCUT2D eigenvalue weighted by Crippen LogP contribution is 2.37. The molecule has 128 valence electrons. The lowest BCUT2D eigenvalue weighted by Gasteiger charge is -2.14. The first-order valence-corrected chi connectivity index (χ1v) is 8.82. The zero-order valence-corrected chi connectivity index (χ0v) is 15.7. The van der Waals surface area contributed by atoms with Crippen molar-refractivity contribution >= 4 is 46.0 Å². The van der Waals surface area contributed by atoms with Crippen LogP contribution in [0.15, 0.2) is 47.4 Å². The Labute approximate surface area is 156 Å². The van der Waals surface area contributed by atoms with Crippen LogP contribution < -0.4 is 14.4 Å². The third-order valence-corrected chi connectivity index (χ3v) is 5.12. The van der Waals surface area contributed by atoms with Gasteiger partial charge in [-0.1, -0.05) is 41.7 Å². The van der Waals surface area contributed by atoms with Crippen LogP contribution in [-0.4, -0.2) is 24.4 Å². The lowest BCUT2D eigenvalue weighted by molar-refractivity contribution is -0.113. The minimum absolute atomic E-state index is 0.128. The lowest BCUT2D eigenvalue weighted by Crippen LogP contribution is -2.27. The number of anilines is 1. The van der Waals surface area contributed by atoms with Crippen molar-refractivity contribution in [3.63, 3.8) is 0 Å². The molecule has 1 aliphatic heterocycles. The summed E-state index contributed by atoms with van der Waals surface area (Å²) < 4.78 is 11.1. The minimum Gasteiger partial charge on any atom is -0.497 e. The summed E-state index contributed by atoms with van der Waals surface area (Å²) in [5.74, 6) is 1.21. The SMILES string of the molecule is COc1ccc(C=C2SC(=S)N(c3ccc(C)cc3)C2=O)c(OC)c1. The van der Waals surface area contributed by atoms with Crippen LogP contribution in [0.2, 0.25) is 0 Å². The molecule has 1 heterocycles. The maximum atomic E-state index is 12.8. The molecule has 0 N–H and O–H groups in total. The molecule has 3 rings (SSSR count). The fourth-order valence-electron chi connectivity index (χ4n) is 2.46. The van der Waals surface area contributed by atoms with Crippen LogP contribution in [0.3, 0.4) is 0 Å². The monoisotopic (exact) mass is 371 g/mol. The van der Waals surface area contributed by atoms with E-state index in [0.29, 0.717) is 20.7 Å². The van der Waals surface area contributed by atoms with E-state index < -0.39 is 0 Å². The predicted molar refractivity (Wildman–Crippen MR) is 106 cm³/mol. The summed E-state index contributed by atoms with van der Waals surface area (Å²) >= 11 is 6.69. The highest BCUT2D eigenvalue weighted by Gasteiger charge is 2.33. The van der Waals surface area contributed by atoms with Gasteiger partial charge in [-0.3, -0.25) is 9.69 Å². The molecule has 0 spiro atoms. The molecule has 4 nitrogen and oxygen atoms in total. The molecule has 0 aliphatic carbocycles. The Morgan fingerprint density at radius 1 is 1.08 bits per heavy atom. The summed E-state index contributed by atoms with van der Waals surface area (Å²) in [4.78, 5) is 14.9. The highest BCUT2D eigenvalue weighted by molar-refractivity contribution is 8.27. The number of thioether (sulfide) groups is 1. The van der Waals surface area contributed by atoms with Crippen LogP contribution in [0.4, 0.5) is 5.69 Å². The summed E-state index contributed by atoms with van der Waals surface area (Å²) in [7, 11) is 3.19. The number of aryl methyl sites for hydroxylation is 1.